The Balaban J connectivity index is 2.64. The number of nitrogens with one attached hydrogen (secondary N) is 2. The van der Waals surface area contributed by atoms with Gasteiger partial charge in [0.15, 0.2) is 5.57 Å². The molecule has 0 bridgehead atoms. The van der Waals surface area contributed by atoms with Gasteiger partial charge in [0.1, 0.15) is 5.56 Å². The van der Waals surface area contributed by atoms with Crippen molar-refractivity contribution < 1.29 is 33.5 Å². The van der Waals surface area contributed by atoms with E-state index in [9.17, 15) is 29.3 Å². The minimum Gasteiger partial charge on any atom is -0.462 e. The molecular formula is C20H21N3O9. The number of nitro benzene ring substituents is 1. The molecular weight excluding hydrogens is 426 g/mol. The molecule has 0 saturated carbocycles. The second-order valence-corrected chi connectivity index (χ2v) is 6.07. The molecule has 170 valence electrons. The highest BCUT2D eigenvalue weighted by Crippen LogP contribution is 2.27. The number of H-pyrrole nitrogens is 1. The van der Waals surface area contributed by atoms with Gasteiger partial charge in [-0.1, -0.05) is 0 Å². The molecule has 2 rings (SSSR count). The summed E-state index contributed by atoms with van der Waals surface area (Å²) in [5.41, 5.74) is -1.98. The fourth-order valence-electron chi connectivity index (χ4n) is 2.66. The van der Waals surface area contributed by atoms with Gasteiger partial charge < -0.3 is 24.5 Å². The van der Waals surface area contributed by atoms with Gasteiger partial charge in [-0.3, -0.25) is 14.9 Å². The Morgan fingerprint density at radius 1 is 1.06 bits per heavy atom. The van der Waals surface area contributed by atoms with Crippen LogP contribution in [-0.2, 0) is 23.8 Å². The zero-order valence-electron chi connectivity index (χ0n) is 17.6. The molecule has 0 aliphatic rings. The van der Waals surface area contributed by atoms with Gasteiger partial charge in [-0.15, -0.1) is 0 Å². The number of non-ortho nitro benzene ring substituents is 1. The number of nitrogens with zero attached hydrogens (tertiary/aromatic N) is 1. The molecule has 1 heterocycles. The summed E-state index contributed by atoms with van der Waals surface area (Å²) in [5.74, 6) is -2.82. The first-order valence-electron chi connectivity index (χ1n) is 9.56. The maximum atomic E-state index is 12.8. The van der Waals surface area contributed by atoms with Crippen LogP contribution < -0.4 is 10.7 Å². The molecule has 2 aromatic rings. The quantitative estimate of drug-likeness (QED) is 0.110. The predicted molar refractivity (Wildman–Crippen MR) is 112 cm³/mol. The molecule has 0 unspecified atom stereocenters. The Morgan fingerprint density at radius 3 is 2.19 bits per heavy atom. The number of hydrogen-bond donors (Lipinski definition) is 2. The number of anilines is 1. The van der Waals surface area contributed by atoms with Gasteiger partial charge in [0, 0.05) is 24.5 Å². The monoisotopic (exact) mass is 447 g/mol. The predicted octanol–water partition coefficient (Wildman–Crippen LogP) is 2.03. The molecule has 0 amide bonds. The van der Waals surface area contributed by atoms with E-state index in [1.54, 1.807) is 20.8 Å². The van der Waals surface area contributed by atoms with E-state index >= 15 is 0 Å². The summed E-state index contributed by atoms with van der Waals surface area (Å²) < 4.78 is 14.5. The average Bonchev–Trinajstić information content (AvgIpc) is 2.74. The number of benzene rings is 1. The van der Waals surface area contributed by atoms with Crippen molar-refractivity contribution in [1.29, 1.82) is 0 Å². The summed E-state index contributed by atoms with van der Waals surface area (Å²) in [6.45, 7) is 4.70. The Bertz CT molecular complexity index is 1130. The summed E-state index contributed by atoms with van der Waals surface area (Å²) >= 11 is 0. The highest BCUT2D eigenvalue weighted by Gasteiger charge is 2.23. The summed E-state index contributed by atoms with van der Waals surface area (Å²) in [5, 5.41) is 13.8. The van der Waals surface area contributed by atoms with E-state index in [1.165, 1.54) is 0 Å². The van der Waals surface area contributed by atoms with E-state index in [0.29, 0.717) is 0 Å². The van der Waals surface area contributed by atoms with Crippen LogP contribution in [0.15, 0.2) is 34.9 Å². The van der Waals surface area contributed by atoms with Crippen molar-refractivity contribution in [3.8, 4) is 0 Å². The van der Waals surface area contributed by atoms with Crippen LogP contribution in [0.4, 0.5) is 11.4 Å². The lowest BCUT2D eigenvalue weighted by molar-refractivity contribution is -0.384. The molecule has 0 fully saturated rings. The third kappa shape index (κ3) is 5.28. The number of carbonyl (C=O) groups is 3. The first-order valence-corrected chi connectivity index (χ1v) is 9.56. The van der Waals surface area contributed by atoms with Crippen molar-refractivity contribution in [3.63, 3.8) is 0 Å². The molecule has 1 aromatic heterocycles. The van der Waals surface area contributed by atoms with Gasteiger partial charge in [-0.2, -0.15) is 0 Å². The largest absolute Gasteiger partial charge is 0.462 e. The number of ether oxygens (including phenoxy) is 3. The zero-order chi connectivity index (χ0) is 23.8. The standard InChI is InChI=1S/C20H21N3O9/c1-4-30-18(25)13-9-22-16-12(17(13)24)7-11(23(28)29)8-15(16)21-10-14(19(26)31-5-2)20(27)32-6-3/h7-10,21H,4-6H2,1-3H3,(H,22,24). The van der Waals surface area contributed by atoms with Crippen LogP contribution in [0.3, 0.4) is 0 Å². The lowest BCUT2D eigenvalue weighted by Gasteiger charge is -2.10. The van der Waals surface area contributed by atoms with Crippen molar-refractivity contribution in [2.24, 2.45) is 0 Å². The van der Waals surface area contributed by atoms with Crippen molar-refractivity contribution >= 4 is 40.2 Å². The van der Waals surface area contributed by atoms with Crippen LogP contribution in [0.25, 0.3) is 10.9 Å². The fourth-order valence-corrected chi connectivity index (χ4v) is 2.66. The Labute approximate surface area is 181 Å². The lowest BCUT2D eigenvalue weighted by atomic mass is 10.1. The number of aromatic amines is 1. The number of aromatic nitrogens is 1. The minimum absolute atomic E-state index is 0.000720. The number of esters is 3. The molecule has 0 spiro atoms. The highest BCUT2D eigenvalue weighted by molar-refractivity contribution is 6.14. The van der Waals surface area contributed by atoms with E-state index < -0.39 is 39.5 Å². The molecule has 12 nitrogen and oxygen atoms in total. The molecule has 0 saturated heterocycles. The van der Waals surface area contributed by atoms with Crippen LogP contribution >= 0.6 is 0 Å². The van der Waals surface area contributed by atoms with Gasteiger partial charge >= 0.3 is 17.9 Å². The van der Waals surface area contributed by atoms with Crippen LogP contribution in [0.5, 0.6) is 0 Å². The number of fused-ring (bicyclic) bond motifs is 1. The molecule has 1 aromatic carbocycles. The molecule has 0 radical (unpaired) electrons. The van der Waals surface area contributed by atoms with E-state index in [2.05, 4.69) is 10.3 Å². The second-order valence-electron chi connectivity index (χ2n) is 6.07. The van der Waals surface area contributed by atoms with Crippen LogP contribution in [0.2, 0.25) is 0 Å². The van der Waals surface area contributed by atoms with Crippen molar-refractivity contribution in [1.82, 2.24) is 4.98 Å². The Hall–Kier alpha value is -4.22. The van der Waals surface area contributed by atoms with Crippen LogP contribution in [0.1, 0.15) is 31.1 Å². The third-order valence-corrected chi connectivity index (χ3v) is 4.04. The third-order valence-electron chi connectivity index (χ3n) is 4.04. The number of nitro groups is 1. The Kier molecular flexibility index (Phi) is 8.04. The molecule has 0 aliphatic heterocycles. The fraction of sp³-hybridized carbons (Fsp3) is 0.300. The van der Waals surface area contributed by atoms with E-state index in [0.717, 1.165) is 24.5 Å². The summed E-state index contributed by atoms with van der Waals surface area (Å²) in [6.07, 6.45) is 2.08. The van der Waals surface area contributed by atoms with Crippen LogP contribution in [0, 0.1) is 10.1 Å². The van der Waals surface area contributed by atoms with Crippen molar-refractivity contribution in [2.75, 3.05) is 25.1 Å². The summed E-state index contributed by atoms with van der Waals surface area (Å²) in [4.78, 5) is 62.3. The summed E-state index contributed by atoms with van der Waals surface area (Å²) in [6, 6.07) is 2.09. The highest BCUT2D eigenvalue weighted by atomic mass is 16.6. The SMILES string of the molecule is CCOC(=O)C(=CNc1cc([N+](=O)[O-])cc2c(=O)c(C(=O)OCC)c[nH]c12)C(=O)OCC. The minimum atomic E-state index is -0.966. The average molecular weight is 447 g/mol. The first-order chi connectivity index (χ1) is 15.2. The maximum Gasteiger partial charge on any atom is 0.347 e. The van der Waals surface area contributed by atoms with Gasteiger partial charge in [-0.25, -0.2) is 14.4 Å². The summed E-state index contributed by atoms with van der Waals surface area (Å²) in [7, 11) is 0. The van der Waals surface area contributed by atoms with Crippen molar-refractivity contribution in [2.45, 2.75) is 20.8 Å². The van der Waals surface area contributed by atoms with Gasteiger partial charge in [0.05, 0.1) is 41.3 Å². The van der Waals surface area contributed by atoms with Crippen LogP contribution in [-0.4, -0.2) is 47.6 Å². The molecule has 0 aliphatic carbocycles. The lowest BCUT2D eigenvalue weighted by Crippen LogP contribution is -2.20. The first kappa shape index (κ1) is 24.1. The molecule has 12 heteroatoms. The number of pyridine rings is 1. The van der Waals surface area contributed by atoms with E-state index in [4.69, 9.17) is 14.2 Å². The smallest absolute Gasteiger partial charge is 0.347 e. The van der Waals surface area contributed by atoms with Gasteiger partial charge in [0.25, 0.3) is 5.69 Å². The number of carbonyl (C=O) groups excluding carboxylic acids is 3. The molecule has 32 heavy (non-hydrogen) atoms. The second kappa shape index (κ2) is 10.7. The molecule has 2 N–H and O–H groups in total. The van der Waals surface area contributed by atoms with Gasteiger partial charge in [0.2, 0.25) is 5.43 Å². The Morgan fingerprint density at radius 2 is 1.66 bits per heavy atom. The van der Waals surface area contributed by atoms with E-state index in [-0.39, 0.29) is 42.0 Å². The normalized spacial score (nSPS) is 10.2. The van der Waals surface area contributed by atoms with E-state index in [1.807, 2.05) is 0 Å². The topological polar surface area (TPSA) is 167 Å². The number of hydrogen-bond acceptors (Lipinski definition) is 10. The number of rotatable bonds is 9. The van der Waals surface area contributed by atoms with Gasteiger partial charge in [-0.05, 0) is 20.8 Å². The molecule has 0 atom stereocenters. The zero-order valence-corrected chi connectivity index (χ0v) is 17.6. The van der Waals surface area contributed by atoms with Crippen molar-refractivity contribution in [3.05, 3.63) is 56.0 Å². The maximum absolute atomic E-state index is 12.8.